The lowest BCUT2D eigenvalue weighted by molar-refractivity contribution is 0.400. The van der Waals surface area contributed by atoms with E-state index in [1.54, 1.807) is 11.3 Å². The van der Waals surface area contributed by atoms with Gasteiger partial charge in [0.05, 0.1) is 20.3 Å². The van der Waals surface area contributed by atoms with Crippen LogP contribution in [0.2, 0.25) is 0 Å². The number of benzene rings is 1. The molecule has 1 aromatic heterocycles. The van der Waals surface area contributed by atoms with Gasteiger partial charge in [-0.3, -0.25) is 4.21 Å². The topological polar surface area (TPSA) is 43.1 Å². The summed E-state index contributed by atoms with van der Waals surface area (Å²) < 4.78 is 13.6. The van der Waals surface area contributed by atoms with E-state index in [1.807, 2.05) is 23.6 Å². The highest BCUT2D eigenvalue weighted by molar-refractivity contribution is 7.88. The molecule has 1 aromatic carbocycles. The van der Waals surface area contributed by atoms with E-state index >= 15 is 0 Å². The minimum absolute atomic E-state index is 0.0536. The Balaban J connectivity index is 1.79. The molecular formula is C16H19NOS2. The van der Waals surface area contributed by atoms with Gasteiger partial charge in [-0.2, -0.15) is 0 Å². The lowest BCUT2D eigenvalue weighted by Crippen LogP contribution is -2.42. The summed E-state index contributed by atoms with van der Waals surface area (Å²) in [6, 6.07) is 14.5. The predicted octanol–water partition coefficient (Wildman–Crippen LogP) is 3.52. The average Bonchev–Trinajstić information content (AvgIpc) is 3.02. The molecule has 20 heavy (non-hydrogen) atoms. The first-order chi connectivity index (χ1) is 9.75. The Bertz CT molecular complexity index is 567. The van der Waals surface area contributed by atoms with Gasteiger partial charge in [0.1, 0.15) is 0 Å². The Morgan fingerprint density at radius 3 is 2.60 bits per heavy atom. The van der Waals surface area contributed by atoms with Gasteiger partial charge in [-0.1, -0.05) is 36.4 Å². The van der Waals surface area contributed by atoms with E-state index in [4.69, 9.17) is 5.73 Å². The SMILES string of the molecule is NC1CCC(c2ccccc2)CC1S(=O)c1cccs1. The van der Waals surface area contributed by atoms with E-state index in [0.717, 1.165) is 23.5 Å². The van der Waals surface area contributed by atoms with Gasteiger partial charge in [-0.15, -0.1) is 11.3 Å². The summed E-state index contributed by atoms with van der Waals surface area (Å²) in [5.74, 6) is 0.491. The lowest BCUT2D eigenvalue weighted by Gasteiger charge is -2.33. The van der Waals surface area contributed by atoms with E-state index in [2.05, 4.69) is 24.3 Å². The molecule has 1 saturated carbocycles. The maximum absolute atomic E-state index is 12.7. The zero-order valence-corrected chi connectivity index (χ0v) is 12.9. The predicted molar refractivity (Wildman–Crippen MR) is 85.5 cm³/mol. The van der Waals surface area contributed by atoms with Crippen LogP contribution in [-0.2, 0) is 10.8 Å². The molecule has 4 unspecified atom stereocenters. The summed E-state index contributed by atoms with van der Waals surface area (Å²) in [5, 5.41) is 2.06. The van der Waals surface area contributed by atoms with Crippen molar-refractivity contribution in [2.45, 2.75) is 40.7 Å². The van der Waals surface area contributed by atoms with Gasteiger partial charge < -0.3 is 5.73 Å². The van der Waals surface area contributed by atoms with E-state index < -0.39 is 10.8 Å². The van der Waals surface area contributed by atoms with Crippen LogP contribution in [0.25, 0.3) is 0 Å². The average molecular weight is 305 g/mol. The van der Waals surface area contributed by atoms with Crippen LogP contribution in [0.4, 0.5) is 0 Å². The summed E-state index contributed by atoms with van der Waals surface area (Å²) in [4.78, 5) is 0. The molecule has 0 bridgehead atoms. The normalized spacial score (nSPS) is 28.1. The second-order valence-electron chi connectivity index (χ2n) is 5.35. The van der Waals surface area contributed by atoms with Crippen LogP contribution in [-0.4, -0.2) is 15.5 Å². The first-order valence-electron chi connectivity index (χ1n) is 7.00. The molecular weight excluding hydrogens is 286 g/mol. The van der Waals surface area contributed by atoms with Crippen LogP contribution in [0.15, 0.2) is 52.1 Å². The maximum Gasteiger partial charge on any atom is 0.0914 e. The molecule has 1 fully saturated rings. The van der Waals surface area contributed by atoms with Gasteiger partial charge in [0, 0.05) is 6.04 Å². The van der Waals surface area contributed by atoms with Gasteiger partial charge in [0.2, 0.25) is 0 Å². The van der Waals surface area contributed by atoms with Crippen molar-refractivity contribution in [1.82, 2.24) is 0 Å². The van der Waals surface area contributed by atoms with Crippen molar-refractivity contribution in [3.05, 3.63) is 53.4 Å². The molecule has 0 spiro atoms. The zero-order valence-electron chi connectivity index (χ0n) is 11.3. The highest BCUT2D eigenvalue weighted by Crippen LogP contribution is 2.36. The summed E-state index contributed by atoms with van der Waals surface area (Å²) >= 11 is 1.57. The van der Waals surface area contributed by atoms with Crippen molar-refractivity contribution >= 4 is 22.1 Å². The van der Waals surface area contributed by atoms with Gasteiger partial charge in [-0.25, -0.2) is 0 Å². The van der Waals surface area contributed by atoms with Crippen LogP contribution >= 0.6 is 11.3 Å². The maximum atomic E-state index is 12.7. The lowest BCUT2D eigenvalue weighted by atomic mass is 9.82. The van der Waals surface area contributed by atoms with Gasteiger partial charge in [-0.05, 0) is 42.2 Å². The van der Waals surface area contributed by atoms with Crippen molar-refractivity contribution in [2.24, 2.45) is 5.73 Å². The Morgan fingerprint density at radius 1 is 1.10 bits per heavy atom. The molecule has 4 heteroatoms. The van der Waals surface area contributed by atoms with E-state index in [1.165, 1.54) is 5.56 Å². The molecule has 2 aromatic rings. The molecule has 0 amide bonds. The highest BCUT2D eigenvalue weighted by atomic mass is 32.2. The number of hydrogen-bond acceptors (Lipinski definition) is 3. The standard InChI is InChI=1S/C16H19NOS2/c17-14-9-8-13(12-5-2-1-3-6-12)11-15(14)20(18)16-7-4-10-19-16/h1-7,10,13-15H,8-9,11,17H2. The van der Waals surface area contributed by atoms with Crippen molar-refractivity contribution in [1.29, 1.82) is 0 Å². The van der Waals surface area contributed by atoms with E-state index in [9.17, 15) is 4.21 Å². The van der Waals surface area contributed by atoms with Crippen molar-refractivity contribution < 1.29 is 4.21 Å². The number of hydrogen-bond donors (Lipinski definition) is 1. The molecule has 1 heterocycles. The molecule has 0 saturated heterocycles. The Hall–Kier alpha value is -0.970. The third-order valence-electron chi connectivity index (χ3n) is 4.08. The minimum Gasteiger partial charge on any atom is -0.327 e. The fraction of sp³-hybridized carbons (Fsp3) is 0.375. The molecule has 2 nitrogen and oxygen atoms in total. The summed E-state index contributed by atoms with van der Waals surface area (Å²) in [5.41, 5.74) is 7.59. The van der Waals surface area contributed by atoms with Crippen molar-refractivity contribution in [2.75, 3.05) is 0 Å². The Labute approximate surface area is 126 Å². The highest BCUT2D eigenvalue weighted by Gasteiger charge is 2.33. The second kappa shape index (κ2) is 6.20. The van der Waals surface area contributed by atoms with Gasteiger partial charge in [0.25, 0.3) is 0 Å². The van der Waals surface area contributed by atoms with Crippen LogP contribution in [0.1, 0.15) is 30.7 Å². The smallest absolute Gasteiger partial charge is 0.0914 e. The molecule has 106 valence electrons. The van der Waals surface area contributed by atoms with Crippen molar-refractivity contribution in [3.63, 3.8) is 0 Å². The molecule has 4 atom stereocenters. The van der Waals surface area contributed by atoms with Crippen LogP contribution in [0, 0.1) is 0 Å². The van der Waals surface area contributed by atoms with E-state index in [0.29, 0.717) is 5.92 Å². The third-order valence-corrected chi connectivity index (χ3v) is 7.15. The van der Waals surface area contributed by atoms with Crippen LogP contribution < -0.4 is 5.73 Å². The van der Waals surface area contributed by atoms with Crippen LogP contribution in [0.3, 0.4) is 0 Å². The number of rotatable bonds is 3. The fourth-order valence-electron chi connectivity index (χ4n) is 2.95. The summed E-state index contributed by atoms with van der Waals surface area (Å²) in [6.07, 6.45) is 2.99. The Morgan fingerprint density at radius 2 is 1.90 bits per heavy atom. The minimum atomic E-state index is -0.970. The molecule has 0 radical (unpaired) electrons. The Kier molecular flexibility index (Phi) is 4.34. The quantitative estimate of drug-likeness (QED) is 0.943. The summed E-state index contributed by atoms with van der Waals surface area (Å²) in [7, 11) is -0.970. The number of nitrogens with two attached hydrogens (primary N) is 1. The van der Waals surface area contributed by atoms with E-state index in [-0.39, 0.29) is 11.3 Å². The summed E-state index contributed by atoms with van der Waals surface area (Å²) in [6.45, 7) is 0. The third kappa shape index (κ3) is 2.87. The number of thiophene rings is 1. The van der Waals surface area contributed by atoms with Crippen LogP contribution in [0.5, 0.6) is 0 Å². The first kappa shape index (κ1) is 14.0. The molecule has 1 aliphatic rings. The molecule has 2 N–H and O–H groups in total. The van der Waals surface area contributed by atoms with Gasteiger partial charge >= 0.3 is 0 Å². The largest absolute Gasteiger partial charge is 0.327 e. The molecule has 3 rings (SSSR count). The molecule has 0 aliphatic heterocycles. The second-order valence-corrected chi connectivity index (χ2v) is 8.20. The zero-order chi connectivity index (χ0) is 13.9. The fourth-order valence-corrected chi connectivity index (χ4v) is 5.69. The van der Waals surface area contributed by atoms with Crippen molar-refractivity contribution in [3.8, 4) is 0 Å². The van der Waals surface area contributed by atoms with Gasteiger partial charge in [0.15, 0.2) is 0 Å². The monoisotopic (exact) mass is 305 g/mol. The molecule has 1 aliphatic carbocycles. The first-order valence-corrected chi connectivity index (χ1v) is 9.09.